The third-order valence-electron chi connectivity index (χ3n) is 3.43. The lowest BCUT2D eigenvalue weighted by Crippen LogP contribution is -2.08. The Morgan fingerprint density at radius 3 is 2.50 bits per heavy atom. The van der Waals surface area contributed by atoms with Crippen molar-refractivity contribution < 1.29 is 0 Å². The van der Waals surface area contributed by atoms with E-state index in [4.69, 9.17) is 0 Å². The van der Waals surface area contributed by atoms with Gasteiger partial charge in [0.25, 0.3) is 0 Å². The summed E-state index contributed by atoms with van der Waals surface area (Å²) in [5.41, 5.74) is 4.50. The van der Waals surface area contributed by atoms with Crippen LogP contribution in [0.1, 0.15) is 11.3 Å². The molecule has 2 aromatic carbocycles. The number of para-hydroxylation sites is 2. The highest BCUT2D eigenvalue weighted by Gasteiger charge is 2.05. The summed E-state index contributed by atoms with van der Waals surface area (Å²) in [6.07, 6.45) is 1.92. The maximum Gasteiger partial charge on any atom is 0.0590 e. The lowest BCUT2D eigenvalue weighted by atomic mass is 10.1. The molecule has 0 amide bonds. The molecule has 0 unspecified atom stereocenters. The van der Waals surface area contributed by atoms with Crippen LogP contribution in [0.25, 0.3) is 10.9 Å². The zero-order valence-electron chi connectivity index (χ0n) is 11.7. The second-order valence-electron chi connectivity index (χ2n) is 4.81. The number of anilines is 1. The van der Waals surface area contributed by atoms with Gasteiger partial charge in [0, 0.05) is 29.2 Å². The predicted molar refractivity (Wildman–Crippen MR) is 85.5 cm³/mol. The topological polar surface area (TPSA) is 31.4 Å². The van der Waals surface area contributed by atoms with Gasteiger partial charge in [0.15, 0.2) is 0 Å². The predicted octanol–water partition coefficient (Wildman–Crippen LogP) is 3.95. The van der Waals surface area contributed by atoms with Crippen molar-refractivity contribution in [3.8, 4) is 0 Å². The molecule has 1 N–H and O–H groups in total. The third-order valence-corrected chi connectivity index (χ3v) is 3.43. The quantitative estimate of drug-likeness (QED) is 0.563. The Morgan fingerprint density at radius 2 is 1.70 bits per heavy atom. The van der Waals surface area contributed by atoms with E-state index in [1.165, 1.54) is 5.39 Å². The molecule has 0 radical (unpaired) electrons. The van der Waals surface area contributed by atoms with Crippen molar-refractivity contribution in [1.82, 2.24) is 4.98 Å². The summed E-state index contributed by atoms with van der Waals surface area (Å²) in [5, 5.41) is 7.62. The van der Waals surface area contributed by atoms with Gasteiger partial charge in [-0.1, -0.05) is 36.4 Å². The Kier molecular flexibility index (Phi) is 3.25. The summed E-state index contributed by atoms with van der Waals surface area (Å²) in [4.78, 5) is 3.38. The van der Waals surface area contributed by atoms with Gasteiger partial charge >= 0.3 is 0 Å². The third kappa shape index (κ3) is 2.30. The van der Waals surface area contributed by atoms with Crippen LogP contribution in [-0.2, 0) is 0 Å². The number of nitrogens with one attached hydrogen (secondary N) is 1. The molecule has 0 saturated heterocycles. The number of hydrazone groups is 1. The molecule has 3 nitrogen and oxygen atoms in total. The Labute approximate surface area is 118 Å². The van der Waals surface area contributed by atoms with Crippen molar-refractivity contribution >= 4 is 22.8 Å². The summed E-state index contributed by atoms with van der Waals surface area (Å²) in [6, 6.07) is 18.4. The number of aryl methyl sites for hydroxylation is 1. The molecule has 3 rings (SSSR count). The van der Waals surface area contributed by atoms with Crippen LogP contribution in [-0.4, -0.2) is 18.2 Å². The minimum Gasteiger partial charge on any atom is -0.358 e. The van der Waals surface area contributed by atoms with E-state index in [1.54, 1.807) is 0 Å². The number of fused-ring (bicyclic) bond motifs is 1. The Morgan fingerprint density at radius 1 is 1.00 bits per heavy atom. The van der Waals surface area contributed by atoms with E-state index in [0.717, 1.165) is 22.5 Å². The van der Waals surface area contributed by atoms with Crippen LogP contribution >= 0.6 is 0 Å². The summed E-state index contributed by atoms with van der Waals surface area (Å²) in [7, 11) is 1.95. The fourth-order valence-electron chi connectivity index (χ4n) is 2.32. The molecule has 100 valence electrons. The molecule has 3 aromatic rings. The lowest BCUT2D eigenvalue weighted by molar-refractivity contribution is 1.02. The van der Waals surface area contributed by atoms with E-state index in [1.807, 2.05) is 60.7 Å². The Balaban J connectivity index is 1.93. The fraction of sp³-hybridized carbons (Fsp3) is 0.118. The normalized spacial score (nSPS) is 11.3. The smallest absolute Gasteiger partial charge is 0.0590 e. The second kappa shape index (κ2) is 5.21. The number of H-pyrrole nitrogens is 1. The van der Waals surface area contributed by atoms with Crippen LogP contribution in [0.2, 0.25) is 0 Å². The van der Waals surface area contributed by atoms with Crippen molar-refractivity contribution in [2.45, 2.75) is 6.92 Å². The molecule has 0 aliphatic heterocycles. The van der Waals surface area contributed by atoms with Crippen molar-refractivity contribution in [1.29, 1.82) is 0 Å². The maximum atomic E-state index is 4.54. The zero-order chi connectivity index (χ0) is 13.9. The van der Waals surface area contributed by atoms with Crippen molar-refractivity contribution in [2.24, 2.45) is 5.10 Å². The first kappa shape index (κ1) is 12.5. The van der Waals surface area contributed by atoms with Gasteiger partial charge in [0.05, 0.1) is 11.9 Å². The molecule has 3 heteroatoms. The zero-order valence-corrected chi connectivity index (χ0v) is 11.7. The molecule has 1 aromatic heterocycles. The summed E-state index contributed by atoms with van der Waals surface area (Å²) < 4.78 is 0. The second-order valence-corrected chi connectivity index (χ2v) is 4.81. The highest BCUT2D eigenvalue weighted by molar-refractivity contribution is 6.00. The summed E-state index contributed by atoms with van der Waals surface area (Å²) >= 11 is 0. The summed E-state index contributed by atoms with van der Waals surface area (Å²) in [6.45, 7) is 2.07. The highest BCUT2D eigenvalue weighted by Crippen LogP contribution is 2.20. The number of hydrogen-bond donors (Lipinski definition) is 1. The fourth-order valence-corrected chi connectivity index (χ4v) is 2.32. The molecule has 0 aliphatic rings. The highest BCUT2D eigenvalue weighted by atomic mass is 15.4. The average molecular weight is 263 g/mol. The van der Waals surface area contributed by atoms with Gasteiger partial charge in [-0.05, 0) is 25.1 Å². The molecule has 1 heterocycles. The van der Waals surface area contributed by atoms with Crippen LogP contribution in [0.3, 0.4) is 0 Å². The van der Waals surface area contributed by atoms with Crippen molar-refractivity contribution in [2.75, 3.05) is 12.1 Å². The minimum absolute atomic E-state index is 1.07. The van der Waals surface area contributed by atoms with Gasteiger partial charge < -0.3 is 4.98 Å². The van der Waals surface area contributed by atoms with Gasteiger partial charge in [0.2, 0.25) is 0 Å². The van der Waals surface area contributed by atoms with E-state index in [-0.39, 0.29) is 0 Å². The lowest BCUT2D eigenvalue weighted by Gasteiger charge is -2.12. The van der Waals surface area contributed by atoms with Gasteiger partial charge in [-0.2, -0.15) is 5.10 Å². The van der Waals surface area contributed by atoms with E-state index in [0.29, 0.717) is 0 Å². The van der Waals surface area contributed by atoms with E-state index in [9.17, 15) is 0 Å². The van der Waals surface area contributed by atoms with E-state index in [2.05, 4.69) is 29.1 Å². The van der Waals surface area contributed by atoms with Gasteiger partial charge in [-0.15, -0.1) is 0 Å². The molecule has 20 heavy (non-hydrogen) atoms. The molecular formula is C17H17N3. The number of rotatable bonds is 3. The van der Waals surface area contributed by atoms with Crippen molar-refractivity contribution in [3.05, 3.63) is 65.9 Å². The summed E-state index contributed by atoms with van der Waals surface area (Å²) in [5.74, 6) is 0. The monoisotopic (exact) mass is 263 g/mol. The number of aromatic amines is 1. The first-order valence-corrected chi connectivity index (χ1v) is 6.66. The van der Waals surface area contributed by atoms with Crippen LogP contribution in [0.15, 0.2) is 59.7 Å². The SMILES string of the molecule is Cc1[nH]c2ccccc2c1/C=N/N(C)c1ccccc1. The Hall–Kier alpha value is -2.55. The van der Waals surface area contributed by atoms with Gasteiger partial charge in [-0.3, -0.25) is 5.01 Å². The largest absolute Gasteiger partial charge is 0.358 e. The number of nitrogens with zero attached hydrogens (tertiary/aromatic N) is 2. The minimum atomic E-state index is 1.07. The number of benzene rings is 2. The van der Waals surface area contributed by atoms with Crippen LogP contribution in [0.4, 0.5) is 5.69 Å². The Bertz CT molecular complexity index is 741. The van der Waals surface area contributed by atoms with E-state index < -0.39 is 0 Å². The molecule has 0 saturated carbocycles. The molecule has 0 spiro atoms. The van der Waals surface area contributed by atoms with Crippen molar-refractivity contribution in [3.63, 3.8) is 0 Å². The molecule has 0 aliphatic carbocycles. The first-order valence-electron chi connectivity index (χ1n) is 6.66. The van der Waals surface area contributed by atoms with Crippen LogP contribution < -0.4 is 5.01 Å². The standard InChI is InChI=1S/C17H17N3/c1-13-16(15-10-6-7-11-17(15)19-13)12-18-20(2)14-8-4-3-5-9-14/h3-12,19H,1-2H3/b18-12+. The molecular weight excluding hydrogens is 246 g/mol. The van der Waals surface area contributed by atoms with Gasteiger partial charge in [-0.25, -0.2) is 0 Å². The molecule has 0 fully saturated rings. The molecule has 0 bridgehead atoms. The van der Waals surface area contributed by atoms with Crippen LogP contribution in [0.5, 0.6) is 0 Å². The number of hydrogen-bond acceptors (Lipinski definition) is 2. The average Bonchev–Trinajstić information content (AvgIpc) is 2.81. The molecule has 0 atom stereocenters. The maximum absolute atomic E-state index is 4.54. The number of aromatic nitrogens is 1. The van der Waals surface area contributed by atoms with Crippen LogP contribution in [0, 0.1) is 6.92 Å². The van der Waals surface area contributed by atoms with Gasteiger partial charge in [0.1, 0.15) is 0 Å². The van der Waals surface area contributed by atoms with E-state index >= 15 is 0 Å². The first-order chi connectivity index (χ1) is 9.75.